The van der Waals surface area contributed by atoms with Gasteiger partial charge < -0.3 is 18.4 Å². The van der Waals surface area contributed by atoms with Crippen LogP contribution in [0.4, 0.5) is 0 Å². The van der Waals surface area contributed by atoms with Crippen molar-refractivity contribution in [2.45, 2.75) is 5.41 Å². The Labute approximate surface area is 382 Å². The van der Waals surface area contributed by atoms with Crippen molar-refractivity contribution in [2.24, 2.45) is 0 Å². The molecular formula is C59H33N7O. The van der Waals surface area contributed by atoms with E-state index in [0.29, 0.717) is 5.56 Å². The second kappa shape index (κ2) is 13.1. The maximum atomic E-state index is 10.2. The van der Waals surface area contributed by atoms with Gasteiger partial charge in [-0.25, -0.2) is 0 Å². The normalized spacial score (nSPS) is 14.7. The van der Waals surface area contributed by atoms with Gasteiger partial charge in [-0.3, -0.25) is 15.0 Å². The Kier molecular flexibility index (Phi) is 7.07. The average Bonchev–Trinajstić information content (AvgIpc) is 4.10. The molecule has 13 aromatic rings. The fraction of sp³-hybridized carbons (Fsp3) is 0.0169. The zero-order valence-corrected chi connectivity index (χ0v) is 35.6. The second-order valence-corrected chi connectivity index (χ2v) is 17.5. The van der Waals surface area contributed by atoms with Gasteiger partial charge >= 0.3 is 0 Å². The second-order valence-electron chi connectivity index (χ2n) is 17.5. The number of hydrogen-bond acceptors (Lipinski definition) is 5. The van der Waals surface area contributed by atoms with Crippen LogP contribution in [0.1, 0.15) is 27.8 Å². The maximum absolute atomic E-state index is 10.2. The van der Waals surface area contributed by atoms with Crippen LogP contribution in [-0.2, 0) is 5.41 Å². The lowest BCUT2D eigenvalue weighted by atomic mass is 9.66. The van der Waals surface area contributed by atoms with Gasteiger partial charge in [-0.15, -0.1) is 0 Å². The SMILES string of the molecule is N#Cc1ccc2c(c1)c1cc(-n3c4ccccc4c4ccccc43)ccc1n2-c1ccc2c(c1)C1(c3ccccc3O2)c2cccnc2-c2ncc(-n3c4ccccc4c4ccncc43)cc21. The summed E-state index contributed by atoms with van der Waals surface area (Å²) in [5.41, 5.74) is 14.9. The first kappa shape index (κ1) is 36.1. The van der Waals surface area contributed by atoms with E-state index < -0.39 is 5.41 Å². The smallest absolute Gasteiger partial charge is 0.132 e. The number of rotatable bonds is 3. The summed E-state index contributed by atoms with van der Waals surface area (Å²) in [7, 11) is 0. The first-order chi connectivity index (χ1) is 33.2. The minimum atomic E-state index is -0.852. The third-order valence-electron chi connectivity index (χ3n) is 14.3. The highest BCUT2D eigenvalue weighted by Gasteiger charge is 2.53. The van der Waals surface area contributed by atoms with Crippen LogP contribution in [0.3, 0.4) is 0 Å². The number of benzene rings is 7. The van der Waals surface area contributed by atoms with Gasteiger partial charge in [0.15, 0.2) is 0 Å². The van der Waals surface area contributed by atoms with Gasteiger partial charge in [0, 0.05) is 72.8 Å². The van der Waals surface area contributed by atoms with E-state index in [1.54, 1.807) is 0 Å². The molecule has 1 atom stereocenters. The van der Waals surface area contributed by atoms with Crippen LogP contribution in [0.15, 0.2) is 201 Å². The summed E-state index contributed by atoms with van der Waals surface area (Å²) in [6.45, 7) is 0. The Morgan fingerprint density at radius 1 is 0.403 bits per heavy atom. The van der Waals surface area contributed by atoms with Crippen molar-refractivity contribution in [3.63, 3.8) is 0 Å². The van der Waals surface area contributed by atoms with Gasteiger partial charge in [-0.2, -0.15) is 5.26 Å². The Morgan fingerprint density at radius 2 is 0.970 bits per heavy atom. The highest BCUT2D eigenvalue weighted by Crippen LogP contribution is 2.62. The van der Waals surface area contributed by atoms with Gasteiger partial charge in [-0.1, -0.05) is 78.9 Å². The number of hydrogen-bond donors (Lipinski definition) is 0. The number of aromatic nitrogens is 6. The minimum Gasteiger partial charge on any atom is -0.457 e. The van der Waals surface area contributed by atoms with Gasteiger partial charge in [0.2, 0.25) is 0 Å². The molecule has 7 heterocycles. The van der Waals surface area contributed by atoms with E-state index in [9.17, 15) is 5.26 Å². The largest absolute Gasteiger partial charge is 0.457 e. The number of para-hydroxylation sites is 4. The van der Waals surface area contributed by atoms with E-state index in [2.05, 4.69) is 176 Å². The van der Waals surface area contributed by atoms with Crippen LogP contribution in [0, 0.1) is 11.3 Å². The van der Waals surface area contributed by atoms with Crippen LogP contribution < -0.4 is 4.74 Å². The third kappa shape index (κ3) is 4.66. The van der Waals surface area contributed by atoms with Crippen LogP contribution in [0.5, 0.6) is 11.5 Å². The van der Waals surface area contributed by atoms with Crippen LogP contribution >= 0.6 is 0 Å². The molecule has 0 amide bonds. The zero-order chi connectivity index (χ0) is 44.0. The van der Waals surface area contributed by atoms with Crippen molar-refractivity contribution < 1.29 is 4.74 Å². The molecule has 7 aromatic carbocycles. The van der Waals surface area contributed by atoms with Crippen molar-refractivity contribution in [2.75, 3.05) is 0 Å². The fourth-order valence-electron chi connectivity index (χ4n) is 11.6. The summed E-state index contributed by atoms with van der Waals surface area (Å²) < 4.78 is 13.9. The molecule has 2 aliphatic rings. The molecule has 6 aromatic heterocycles. The van der Waals surface area contributed by atoms with Crippen LogP contribution in [0.25, 0.3) is 93.9 Å². The number of nitriles is 1. The molecule has 0 fully saturated rings. The molecule has 310 valence electrons. The molecule has 0 N–H and O–H groups in total. The molecule has 8 nitrogen and oxygen atoms in total. The van der Waals surface area contributed by atoms with Crippen molar-refractivity contribution in [3.05, 3.63) is 229 Å². The van der Waals surface area contributed by atoms with E-state index in [1.807, 2.05) is 49.1 Å². The van der Waals surface area contributed by atoms with E-state index in [0.717, 1.165) is 117 Å². The molecular weight excluding hydrogens is 823 g/mol. The standard InChI is InChI=1S/C59H33N7O/c60-32-35-19-22-52-43(28-35)44-29-36(64-49-15-5-1-10-39(49)40-11-2-6-16-50(40)64)20-23-53(44)65(52)37-21-24-56-47(30-37)59(45-13-4-8-18-55(45)67-56)46-14-9-26-62-57(46)58-48(59)31-38(33-63-58)66-51-17-7-3-12-41(51)42-25-27-61-34-54(42)66/h1-31,33-34H. The Hall–Kier alpha value is -9.32. The summed E-state index contributed by atoms with van der Waals surface area (Å²) in [5, 5.41) is 17.0. The molecule has 1 aliphatic heterocycles. The molecule has 0 radical (unpaired) electrons. The van der Waals surface area contributed by atoms with Gasteiger partial charge in [0.05, 0.1) is 79.6 Å². The van der Waals surface area contributed by atoms with E-state index >= 15 is 0 Å². The lowest BCUT2D eigenvalue weighted by Gasteiger charge is -2.39. The summed E-state index contributed by atoms with van der Waals surface area (Å²) in [4.78, 5) is 15.0. The number of nitrogens with zero attached hydrogens (tertiary/aromatic N) is 7. The van der Waals surface area contributed by atoms with Crippen molar-refractivity contribution in [3.8, 4) is 46.0 Å². The summed E-state index contributed by atoms with van der Waals surface area (Å²) in [6.07, 6.45) is 7.63. The lowest BCUT2D eigenvalue weighted by molar-refractivity contribution is 0.436. The minimum absolute atomic E-state index is 0.609. The number of pyridine rings is 3. The lowest BCUT2D eigenvalue weighted by Crippen LogP contribution is -2.32. The molecule has 67 heavy (non-hydrogen) atoms. The van der Waals surface area contributed by atoms with Crippen molar-refractivity contribution in [1.82, 2.24) is 28.7 Å². The molecule has 0 saturated heterocycles. The highest BCUT2D eigenvalue weighted by atomic mass is 16.5. The average molecular weight is 856 g/mol. The molecule has 1 spiro atoms. The Bertz CT molecular complexity index is 4250. The van der Waals surface area contributed by atoms with Gasteiger partial charge in [-0.05, 0) is 103 Å². The summed E-state index contributed by atoms with van der Waals surface area (Å²) in [6, 6.07) is 64.4. The molecule has 1 unspecified atom stereocenters. The molecule has 0 bridgehead atoms. The number of fused-ring (bicyclic) bond motifs is 18. The molecule has 1 aliphatic carbocycles. The molecule has 0 saturated carbocycles. The van der Waals surface area contributed by atoms with E-state index in [1.165, 1.54) is 10.8 Å². The third-order valence-corrected chi connectivity index (χ3v) is 14.3. The van der Waals surface area contributed by atoms with Crippen molar-refractivity contribution in [1.29, 1.82) is 5.26 Å². The summed E-state index contributed by atoms with van der Waals surface area (Å²) in [5.74, 6) is 1.55. The van der Waals surface area contributed by atoms with Crippen LogP contribution in [-0.4, -0.2) is 28.7 Å². The molecule has 15 rings (SSSR count). The van der Waals surface area contributed by atoms with E-state index in [4.69, 9.17) is 14.7 Å². The first-order valence-corrected chi connectivity index (χ1v) is 22.4. The maximum Gasteiger partial charge on any atom is 0.132 e. The topological polar surface area (TPSA) is 86.5 Å². The monoisotopic (exact) mass is 855 g/mol. The zero-order valence-electron chi connectivity index (χ0n) is 35.6. The predicted octanol–water partition coefficient (Wildman–Crippen LogP) is 13.5. The highest BCUT2D eigenvalue weighted by molar-refractivity contribution is 6.13. The van der Waals surface area contributed by atoms with E-state index in [-0.39, 0.29) is 0 Å². The first-order valence-electron chi connectivity index (χ1n) is 22.4. The quantitative estimate of drug-likeness (QED) is 0.177. The Morgan fingerprint density at radius 3 is 1.73 bits per heavy atom. The molecule has 8 heteroatoms. The number of ether oxygens (including phenoxy) is 1. The summed E-state index contributed by atoms with van der Waals surface area (Å²) >= 11 is 0. The fourth-order valence-corrected chi connectivity index (χ4v) is 11.6. The van der Waals surface area contributed by atoms with Crippen LogP contribution in [0.2, 0.25) is 0 Å². The van der Waals surface area contributed by atoms with Gasteiger partial charge in [0.25, 0.3) is 0 Å². The Balaban J connectivity index is 1.00. The van der Waals surface area contributed by atoms with Crippen molar-refractivity contribution >= 4 is 65.4 Å². The van der Waals surface area contributed by atoms with Gasteiger partial charge in [0.1, 0.15) is 11.5 Å². The predicted molar refractivity (Wildman–Crippen MR) is 265 cm³/mol.